The van der Waals surface area contributed by atoms with Crippen molar-refractivity contribution in [1.82, 2.24) is 0 Å². The molecule has 0 radical (unpaired) electrons. The minimum atomic E-state index is -0.451. The molecular formula is C27H40IO4-. The summed E-state index contributed by atoms with van der Waals surface area (Å²) >= 11 is -0.451. The second kappa shape index (κ2) is 16.1. The molecule has 0 saturated carbocycles. The third kappa shape index (κ3) is 9.47. The van der Waals surface area contributed by atoms with E-state index in [9.17, 15) is 0 Å². The van der Waals surface area contributed by atoms with Crippen LogP contribution in [0.5, 0.6) is 23.0 Å². The Labute approximate surface area is 205 Å². The first-order valence-corrected chi connectivity index (χ1v) is 14.0. The van der Waals surface area contributed by atoms with Crippen LogP contribution in [0.2, 0.25) is 0 Å². The Kier molecular flexibility index (Phi) is 13.4. The molecule has 0 aliphatic rings. The van der Waals surface area contributed by atoms with E-state index < -0.39 is 21.2 Å². The van der Waals surface area contributed by atoms with Crippen molar-refractivity contribution in [3.63, 3.8) is 0 Å². The second-order valence-corrected chi connectivity index (χ2v) is 10.8. The Morgan fingerprint density at radius 1 is 0.625 bits per heavy atom. The zero-order valence-corrected chi connectivity index (χ0v) is 22.4. The van der Waals surface area contributed by atoms with Crippen LogP contribution in [0, 0.1) is 7.14 Å². The summed E-state index contributed by atoms with van der Waals surface area (Å²) in [5.41, 5.74) is 0. The van der Waals surface area contributed by atoms with Gasteiger partial charge in [0.2, 0.25) is 0 Å². The van der Waals surface area contributed by atoms with E-state index in [1.165, 1.54) is 61.4 Å². The van der Waals surface area contributed by atoms with Crippen molar-refractivity contribution in [3.8, 4) is 23.0 Å². The molecule has 2 aromatic carbocycles. The predicted molar refractivity (Wildman–Crippen MR) is 127 cm³/mol. The van der Waals surface area contributed by atoms with Gasteiger partial charge in [-0.3, -0.25) is 0 Å². The molecule has 0 atom stereocenters. The van der Waals surface area contributed by atoms with Gasteiger partial charge in [-0.1, -0.05) is 32.6 Å². The first kappa shape index (κ1) is 26.6. The van der Waals surface area contributed by atoms with Crippen molar-refractivity contribution in [2.75, 3.05) is 27.9 Å². The molecule has 4 nitrogen and oxygen atoms in total. The molecule has 0 N–H and O–H groups in total. The first-order valence-electron chi connectivity index (χ1n) is 11.9. The van der Waals surface area contributed by atoms with Gasteiger partial charge in [-0.2, -0.15) is 0 Å². The molecule has 2 aromatic rings. The molecule has 0 aliphatic heterocycles. The van der Waals surface area contributed by atoms with Crippen molar-refractivity contribution in [3.05, 3.63) is 43.5 Å². The van der Waals surface area contributed by atoms with E-state index in [1.807, 2.05) is 12.1 Å². The number of ether oxygens (including phenoxy) is 4. The molecule has 0 spiro atoms. The fourth-order valence-corrected chi connectivity index (χ4v) is 6.16. The fraction of sp³-hybridized carbons (Fsp3) is 0.556. The van der Waals surface area contributed by atoms with Crippen LogP contribution in [0.4, 0.5) is 0 Å². The van der Waals surface area contributed by atoms with Crippen molar-refractivity contribution in [1.29, 1.82) is 0 Å². The topological polar surface area (TPSA) is 36.9 Å². The van der Waals surface area contributed by atoms with Crippen molar-refractivity contribution < 1.29 is 40.2 Å². The van der Waals surface area contributed by atoms with Crippen LogP contribution in [-0.2, 0) is 0 Å². The third-order valence-corrected chi connectivity index (χ3v) is 8.38. The van der Waals surface area contributed by atoms with Crippen LogP contribution >= 0.6 is 0 Å². The molecule has 32 heavy (non-hydrogen) atoms. The molecular weight excluding hydrogens is 515 g/mol. The number of rotatable bonds is 17. The second-order valence-electron chi connectivity index (χ2n) is 7.92. The average Bonchev–Trinajstić information content (AvgIpc) is 2.83. The molecule has 2 rings (SSSR count). The Bertz CT molecular complexity index is 736. The molecule has 0 amide bonds. The fourth-order valence-electron chi connectivity index (χ4n) is 3.54. The van der Waals surface area contributed by atoms with Gasteiger partial charge in [0.15, 0.2) is 0 Å². The van der Waals surface area contributed by atoms with Gasteiger partial charge in [0.05, 0.1) is 0 Å². The van der Waals surface area contributed by atoms with Gasteiger partial charge in [0.1, 0.15) is 0 Å². The molecule has 180 valence electrons. The number of methoxy groups -OCH3 is 3. The molecule has 5 heteroatoms. The summed E-state index contributed by atoms with van der Waals surface area (Å²) in [5.74, 6) is 3.31. The summed E-state index contributed by atoms with van der Waals surface area (Å²) in [6.07, 6.45) is 13.4. The van der Waals surface area contributed by atoms with E-state index in [4.69, 9.17) is 18.9 Å². The number of halogens is 1. The Morgan fingerprint density at radius 3 is 1.66 bits per heavy atom. The molecule has 0 saturated heterocycles. The molecule has 0 bridgehead atoms. The Hall–Kier alpha value is -1.63. The number of benzene rings is 2. The Morgan fingerprint density at radius 2 is 1.16 bits per heavy atom. The van der Waals surface area contributed by atoms with Gasteiger partial charge >= 0.3 is 173 Å². The van der Waals surface area contributed by atoms with Crippen molar-refractivity contribution in [2.45, 2.75) is 71.1 Å². The van der Waals surface area contributed by atoms with Crippen LogP contribution in [0.3, 0.4) is 0 Å². The van der Waals surface area contributed by atoms with Crippen LogP contribution in [-0.4, -0.2) is 27.9 Å². The number of hydrogen-bond acceptors (Lipinski definition) is 4. The molecule has 0 aliphatic carbocycles. The summed E-state index contributed by atoms with van der Waals surface area (Å²) in [6, 6.07) is 12.3. The molecule has 0 heterocycles. The van der Waals surface area contributed by atoms with Crippen molar-refractivity contribution in [2.24, 2.45) is 0 Å². The summed E-state index contributed by atoms with van der Waals surface area (Å²) in [7, 11) is 5.02. The van der Waals surface area contributed by atoms with Gasteiger partial charge in [0.25, 0.3) is 0 Å². The summed E-state index contributed by atoms with van der Waals surface area (Å²) < 4.78 is 24.9. The average molecular weight is 556 g/mol. The van der Waals surface area contributed by atoms with E-state index in [0.29, 0.717) is 0 Å². The normalized spacial score (nSPS) is 10.9. The quantitative estimate of drug-likeness (QED) is 0.217. The van der Waals surface area contributed by atoms with Crippen LogP contribution in [0.25, 0.3) is 0 Å². The standard InChI is InChI=1S/C27H40IO4/c1-5-6-7-8-9-10-11-12-13-14-19-32-23-17-15-22(16-18-23)28-27-25(30-3)20-24(29-2)21-26(27)31-4/h15-18,20-21H,5-14,19H2,1-4H3/q-1. The first-order chi connectivity index (χ1) is 15.7. The molecule has 0 unspecified atom stereocenters. The van der Waals surface area contributed by atoms with Crippen LogP contribution < -0.4 is 40.2 Å². The van der Waals surface area contributed by atoms with Gasteiger partial charge in [-0.25, -0.2) is 0 Å². The monoisotopic (exact) mass is 555 g/mol. The minimum absolute atomic E-state index is 0.451. The third-order valence-electron chi connectivity index (χ3n) is 5.44. The molecule has 0 fully saturated rings. The number of hydrogen-bond donors (Lipinski definition) is 0. The van der Waals surface area contributed by atoms with E-state index in [-0.39, 0.29) is 0 Å². The van der Waals surface area contributed by atoms with Gasteiger partial charge in [-0.15, -0.1) is 0 Å². The van der Waals surface area contributed by atoms with E-state index in [2.05, 4.69) is 31.2 Å². The summed E-state index contributed by atoms with van der Waals surface area (Å²) in [4.78, 5) is 0. The Balaban J connectivity index is 1.72. The van der Waals surface area contributed by atoms with E-state index in [1.54, 1.807) is 21.3 Å². The zero-order chi connectivity index (χ0) is 23.0. The summed E-state index contributed by atoms with van der Waals surface area (Å²) in [6.45, 7) is 3.07. The zero-order valence-electron chi connectivity index (χ0n) is 20.3. The SMILES string of the molecule is CCCCCCCCCCCCOc1ccc([I-]c2c(OC)cc(OC)cc2OC)cc1. The van der Waals surface area contributed by atoms with E-state index in [0.717, 1.165) is 39.6 Å². The maximum atomic E-state index is 5.95. The molecule has 0 aromatic heterocycles. The summed E-state index contributed by atoms with van der Waals surface area (Å²) in [5, 5.41) is 0. The van der Waals surface area contributed by atoms with Crippen LogP contribution in [0.15, 0.2) is 36.4 Å². The maximum absolute atomic E-state index is 5.95. The van der Waals surface area contributed by atoms with E-state index >= 15 is 0 Å². The van der Waals surface area contributed by atoms with Crippen molar-refractivity contribution >= 4 is 0 Å². The number of unbranched alkanes of at least 4 members (excludes halogenated alkanes) is 9. The van der Waals surface area contributed by atoms with Gasteiger partial charge in [0, 0.05) is 0 Å². The predicted octanol–water partition coefficient (Wildman–Crippen LogP) is 4.14. The van der Waals surface area contributed by atoms with Gasteiger partial charge in [-0.05, 0) is 0 Å². The van der Waals surface area contributed by atoms with Gasteiger partial charge < -0.3 is 0 Å². The van der Waals surface area contributed by atoms with Crippen LogP contribution in [0.1, 0.15) is 71.1 Å².